The zero-order valence-electron chi connectivity index (χ0n) is 15.6. The zero-order valence-corrected chi connectivity index (χ0v) is 16.4. The molecule has 0 aliphatic carbocycles. The molecule has 1 N–H and O–H groups in total. The van der Waals surface area contributed by atoms with E-state index in [-0.39, 0.29) is 5.91 Å². The molecule has 3 rings (SSSR count). The summed E-state index contributed by atoms with van der Waals surface area (Å²) in [4.78, 5) is 13.1. The number of hydrazone groups is 1. The summed E-state index contributed by atoms with van der Waals surface area (Å²) in [5.74, 6) is 0.653. The molecule has 0 saturated heterocycles. The van der Waals surface area contributed by atoms with Crippen LogP contribution in [0.5, 0.6) is 0 Å². The van der Waals surface area contributed by atoms with Crippen LogP contribution in [0.4, 0.5) is 0 Å². The number of amides is 1. The Morgan fingerprint density at radius 2 is 1.74 bits per heavy atom. The third kappa shape index (κ3) is 5.11. The first-order chi connectivity index (χ1) is 13.1. The molecule has 4 nitrogen and oxygen atoms in total. The third-order valence-electron chi connectivity index (χ3n) is 4.22. The Morgan fingerprint density at radius 1 is 1.07 bits per heavy atom. The van der Waals surface area contributed by atoms with Crippen LogP contribution in [-0.4, -0.2) is 22.4 Å². The minimum absolute atomic E-state index is 0.0773. The average Bonchev–Trinajstić information content (AvgIpc) is 2.97. The average molecular weight is 378 g/mol. The van der Waals surface area contributed by atoms with Gasteiger partial charge in [-0.25, -0.2) is 5.43 Å². The predicted octanol–water partition coefficient (Wildman–Crippen LogP) is 4.73. The topological polar surface area (TPSA) is 46.4 Å². The Morgan fingerprint density at radius 3 is 2.44 bits per heavy atom. The minimum atomic E-state index is -0.0773. The highest BCUT2D eigenvalue weighted by Gasteiger charge is 2.09. The number of hydrogen-bond donors (Lipinski definition) is 1. The van der Waals surface area contributed by atoms with Crippen molar-refractivity contribution in [3.8, 4) is 5.69 Å². The summed E-state index contributed by atoms with van der Waals surface area (Å²) in [6.45, 7) is 4.12. The van der Waals surface area contributed by atoms with E-state index in [0.29, 0.717) is 6.42 Å². The van der Waals surface area contributed by atoms with Crippen molar-refractivity contribution in [2.75, 3.05) is 5.75 Å². The van der Waals surface area contributed by atoms with Gasteiger partial charge in [-0.05, 0) is 44.2 Å². The molecule has 0 unspecified atom stereocenters. The van der Waals surface area contributed by atoms with Crippen LogP contribution in [0.1, 0.15) is 23.4 Å². The van der Waals surface area contributed by atoms with Gasteiger partial charge in [0.05, 0.1) is 6.21 Å². The van der Waals surface area contributed by atoms with Gasteiger partial charge in [-0.3, -0.25) is 4.79 Å². The van der Waals surface area contributed by atoms with Gasteiger partial charge in [0.15, 0.2) is 0 Å². The maximum absolute atomic E-state index is 12.0. The van der Waals surface area contributed by atoms with E-state index >= 15 is 0 Å². The minimum Gasteiger partial charge on any atom is -0.318 e. The van der Waals surface area contributed by atoms with Crippen molar-refractivity contribution in [2.45, 2.75) is 25.2 Å². The van der Waals surface area contributed by atoms with Gasteiger partial charge in [0.2, 0.25) is 5.91 Å². The van der Waals surface area contributed by atoms with Gasteiger partial charge in [0.25, 0.3) is 0 Å². The molecular formula is C22H23N3OS. The van der Waals surface area contributed by atoms with Crippen molar-refractivity contribution in [1.29, 1.82) is 0 Å². The van der Waals surface area contributed by atoms with Crippen LogP contribution in [-0.2, 0) is 4.79 Å². The molecule has 0 spiro atoms. The standard InChI is InChI=1S/C22H23N3OS/c1-17-15-19(18(2)25(17)20-9-5-3-6-10-20)16-23-24-22(26)13-14-27-21-11-7-4-8-12-21/h3-12,15-16H,13-14H2,1-2H3,(H,24,26)/b23-16+. The summed E-state index contributed by atoms with van der Waals surface area (Å²) in [5, 5.41) is 4.13. The number of hydrogen-bond acceptors (Lipinski definition) is 3. The number of benzene rings is 2. The highest BCUT2D eigenvalue weighted by molar-refractivity contribution is 7.99. The highest BCUT2D eigenvalue weighted by Crippen LogP contribution is 2.19. The van der Waals surface area contributed by atoms with Crippen LogP contribution in [0.3, 0.4) is 0 Å². The van der Waals surface area contributed by atoms with Crippen LogP contribution in [0, 0.1) is 13.8 Å². The van der Waals surface area contributed by atoms with Gasteiger partial charge < -0.3 is 4.57 Å². The van der Waals surface area contributed by atoms with Crippen LogP contribution in [0.2, 0.25) is 0 Å². The lowest BCUT2D eigenvalue weighted by atomic mass is 10.2. The van der Waals surface area contributed by atoms with Gasteiger partial charge >= 0.3 is 0 Å². The van der Waals surface area contributed by atoms with Crippen LogP contribution in [0.25, 0.3) is 5.69 Å². The fourth-order valence-corrected chi connectivity index (χ4v) is 3.77. The summed E-state index contributed by atoms with van der Waals surface area (Å²) >= 11 is 1.67. The number of para-hydroxylation sites is 1. The summed E-state index contributed by atoms with van der Waals surface area (Å²) in [6.07, 6.45) is 2.14. The first-order valence-electron chi connectivity index (χ1n) is 8.89. The summed E-state index contributed by atoms with van der Waals surface area (Å²) in [6, 6.07) is 22.4. The van der Waals surface area contributed by atoms with Gasteiger partial charge in [0.1, 0.15) is 0 Å². The molecule has 0 fully saturated rings. The third-order valence-corrected chi connectivity index (χ3v) is 5.23. The summed E-state index contributed by atoms with van der Waals surface area (Å²) < 4.78 is 2.18. The van der Waals surface area contributed by atoms with Crippen molar-refractivity contribution in [3.05, 3.63) is 83.7 Å². The largest absolute Gasteiger partial charge is 0.318 e. The Bertz CT molecular complexity index is 917. The molecule has 0 bridgehead atoms. The molecule has 1 amide bonds. The summed E-state index contributed by atoms with van der Waals surface area (Å²) in [7, 11) is 0. The molecule has 0 aliphatic heterocycles. The number of nitrogens with one attached hydrogen (secondary N) is 1. The van der Waals surface area contributed by atoms with Crippen LogP contribution >= 0.6 is 11.8 Å². The van der Waals surface area contributed by atoms with Gasteiger partial charge in [-0.2, -0.15) is 5.10 Å². The fraction of sp³-hybridized carbons (Fsp3) is 0.182. The molecule has 0 saturated carbocycles. The number of nitrogens with zero attached hydrogens (tertiary/aromatic N) is 2. The second-order valence-electron chi connectivity index (χ2n) is 6.20. The highest BCUT2D eigenvalue weighted by atomic mass is 32.2. The zero-order chi connectivity index (χ0) is 19.1. The molecule has 0 radical (unpaired) electrons. The number of carbonyl (C=O) groups is 1. The van der Waals surface area contributed by atoms with E-state index in [4.69, 9.17) is 0 Å². The molecule has 138 valence electrons. The Kier molecular flexibility index (Phi) is 6.49. The molecule has 0 atom stereocenters. The maximum Gasteiger partial charge on any atom is 0.240 e. The molecule has 5 heteroatoms. The van der Waals surface area contributed by atoms with Crippen LogP contribution in [0.15, 0.2) is 76.7 Å². The SMILES string of the molecule is Cc1cc(/C=N/NC(=O)CCSc2ccccc2)c(C)n1-c1ccccc1. The lowest BCUT2D eigenvalue weighted by Crippen LogP contribution is -2.17. The van der Waals surface area contributed by atoms with Crippen molar-refractivity contribution in [2.24, 2.45) is 5.10 Å². The molecular weight excluding hydrogens is 354 g/mol. The van der Waals surface area contributed by atoms with E-state index < -0.39 is 0 Å². The van der Waals surface area contributed by atoms with E-state index in [1.807, 2.05) is 48.5 Å². The lowest BCUT2D eigenvalue weighted by Gasteiger charge is -2.08. The van der Waals surface area contributed by atoms with Crippen molar-refractivity contribution < 1.29 is 4.79 Å². The second-order valence-corrected chi connectivity index (χ2v) is 7.37. The number of thioether (sulfide) groups is 1. The Hall–Kier alpha value is -2.79. The molecule has 27 heavy (non-hydrogen) atoms. The Balaban J connectivity index is 1.54. The van der Waals surface area contributed by atoms with Gasteiger partial charge in [-0.15, -0.1) is 11.8 Å². The molecule has 3 aromatic rings. The Labute approximate surface area is 164 Å². The van der Waals surface area contributed by atoms with Gasteiger partial charge in [0, 0.05) is 39.7 Å². The van der Waals surface area contributed by atoms with Crippen molar-refractivity contribution >= 4 is 23.9 Å². The van der Waals surface area contributed by atoms with E-state index in [1.165, 1.54) is 4.90 Å². The summed E-state index contributed by atoms with van der Waals surface area (Å²) in [5.41, 5.74) is 6.96. The number of rotatable bonds is 7. The van der Waals surface area contributed by atoms with Crippen LogP contribution < -0.4 is 5.43 Å². The maximum atomic E-state index is 12.0. The molecule has 2 aromatic carbocycles. The predicted molar refractivity (Wildman–Crippen MR) is 113 cm³/mol. The normalized spacial score (nSPS) is 11.0. The molecule has 0 aliphatic rings. The second kappa shape index (κ2) is 9.24. The fourth-order valence-electron chi connectivity index (χ4n) is 2.90. The number of carbonyl (C=O) groups excluding carboxylic acids is 1. The first-order valence-corrected chi connectivity index (χ1v) is 9.88. The van der Waals surface area contributed by atoms with E-state index in [2.05, 4.69) is 47.1 Å². The smallest absolute Gasteiger partial charge is 0.240 e. The molecule has 1 heterocycles. The lowest BCUT2D eigenvalue weighted by molar-refractivity contribution is -0.120. The van der Waals surface area contributed by atoms with E-state index in [1.54, 1.807) is 18.0 Å². The number of aryl methyl sites for hydroxylation is 1. The quantitative estimate of drug-likeness (QED) is 0.368. The van der Waals surface area contributed by atoms with E-state index in [0.717, 1.165) is 28.4 Å². The van der Waals surface area contributed by atoms with Crippen molar-refractivity contribution in [1.82, 2.24) is 9.99 Å². The number of aromatic nitrogens is 1. The van der Waals surface area contributed by atoms with Gasteiger partial charge in [-0.1, -0.05) is 36.4 Å². The monoisotopic (exact) mass is 377 g/mol. The first kappa shape index (κ1) is 19.0. The van der Waals surface area contributed by atoms with E-state index in [9.17, 15) is 4.79 Å². The van der Waals surface area contributed by atoms with Crippen molar-refractivity contribution in [3.63, 3.8) is 0 Å². The molecule has 1 aromatic heterocycles.